The molecule has 0 aliphatic heterocycles. The minimum absolute atomic E-state index is 0.219. The van der Waals surface area contributed by atoms with Crippen molar-refractivity contribution in [3.8, 4) is 0 Å². The van der Waals surface area contributed by atoms with E-state index >= 15 is 0 Å². The van der Waals surface area contributed by atoms with Gasteiger partial charge in [0.05, 0.1) is 0 Å². The minimum Gasteiger partial charge on any atom is -0.292 e. The molecule has 10 heteroatoms. The average Bonchev–Trinajstić information content (AvgIpc) is 2.98. The summed E-state index contributed by atoms with van der Waals surface area (Å²) < 4.78 is 0. The second-order valence-electron chi connectivity index (χ2n) is 4.13. The molecule has 0 fully saturated rings. The second kappa shape index (κ2) is 6.01. The van der Waals surface area contributed by atoms with E-state index in [9.17, 15) is 9.59 Å². The average molecular weight is 312 g/mol. The van der Waals surface area contributed by atoms with Crippen molar-refractivity contribution in [2.45, 2.75) is 26.7 Å². The first-order chi connectivity index (χ1) is 9.45. The molecule has 0 atom stereocenters. The number of aryl methyl sites for hydroxylation is 1. The number of anilines is 2. The van der Waals surface area contributed by atoms with Crippen LogP contribution in [0.2, 0.25) is 0 Å². The van der Waals surface area contributed by atoms with Gasteiger partial charge in [-0.3, -0.25) is 20.2 Å². The van der Waals surface area contributed by atoms with Gasteiger partial charge in [0.15, 0.2) is 0 Å². The molecule has 106 valence electrons. The topological polar surface area (TPSA) is 110 Å². The van der Waals surface area contributed by atoms with E-state index in [1.165, 1.54) is 22.7 Å². The van der Waals surface area contributed by atoms with Crippen LogP contribution in [-0.2, 0) is 9.59 Å². The first kappa shape index (κ1) is 14.5. The Morgan fingerprint density at radius 3 is 1.95 bits per heavy atom. The highest BCUT2D eigenvalue weighted by Gasteiger charge is 2.18. The first-order valence-electron chi connectivity index (χ1n) is 5.71. The molecule has 2 heterocycles. The van der Waals surface area contributed by atoms with Crippen molar-refractivity contribution in [3.05, 3.63) is 10.0 Å². The molecule has 0 bridgehead atoms. The molecule has 2 rings (SSSR count). The zero-order valence-corrected chi connectivity index (χ0v) is 12.6. The summed E-state index contributed by atoms with van der Waals surface area (Å²) in [5, 5.41) is 22.0. The Morgan fingerprint density at radius 2 is 1.50 bits per heavy atom. The number of carbonyl (C=O) groups excluding carboxylic acids is 2. The molecule has 0 saturated carbocycles. The van der Waals surface area contributed by atoms with Gasteiger partial charge in [-0.05, 0) is 6.92 Å². The highest BCUT2D eigenvalue weighted by atomic mass is 32.1. The van der Waals surface area contributed by atoms with Crippen LogP contribution in [0.5, 0.6) is 0 Å². The van der Waals surface area contributed by atoms with E-state index in [2.05, 4.69) is 31.0 Å². The monoisotopic (exact) mass is 312 g/mol. The zero-order valence-electron chi connectivity index (χ0n) is 11.0. The van der Waals surface area contributed by atoms with Gasteiger partial charge in [-0.25, -0.2) is 0 Å². The van der Waals surface area contributed by atoms with E-state index < -0.39 is 11.8 Å². The molecule has 0 saturated heterocycles. The highest BCUT2D eigenvalue weighted by molar-refractivity contribution is 7.16. The second-order valence-corrected chi connectivity index (χ2v) is 6.33. The predicted molar refractivity (Wildman–Crippen MR) is 75.9 cm³/mol. The van der Waals surface area contributed by atoms with Crippen molar-refractivity contribution in [2.75, 3.05) is 10.6 Å². The predicted octanol–water partition coefficient (Wildman–Crippen LogP) is 1.40. The lowest BCUT2D eigenvalue weighted by Gasteiger charge is -2.00. The lowest BCUT2D eigenvalue weighted by molar-refractivity contribution is -0.133. The molecule has 2 aromatic rings. The van der Waals surface area contributed by atoms with Crippen LogP contribution >= 0.6 is 22.7 Å². The Kier molecular flexibility index (Phi) is 4.35. The van der Waals surface area contributed by atoms with Gasteiger partial charge in [-0.1, -0.05) is 36.5 Å². The Bertz CT molecular complexity index is 635. The number of hydrogen-bond acceptors (Lipinski definition) is 8. The smallest absolute Gasteiger partial charge is 0.292 e. The summed E-state index contributed by atoms with van der Waals surface area (Å²) in [6.07, 6.45) is 0. The molecule has 0 aliphatic carbocycles. The number of carbonyl (C=O) groups is 2. The van der Waals surface area contributed by atoms with Gasteiger partial charge in [0, 0.05) is 5.92 Å². The molecule has 8 nitrogen and oxygen atoms in total. The van der Waals surface area contributed by atoms with Crippen LogP contribution in [0.3, 0.4) is 0 Å². The maximum absolute atomic E-state index is 11.7. The first-order valence-corrected chi connectivity index (χ1v) is 7.35. The van der Waals surface area contributed by atoms with E-state index in [1.54, 1.807) is 6.92 Å². The maximum Gasteiger partial charge on any atom is 0.315 e. The fourth-order valence-electron chi connectivity index (χ4n) is 1.17. The van der Waals surface area contributed by atoms with Gasteiger partial charge < -0.3 is 0 Å². The van der Waals surface area contributed by atoms with Crippen LogP contribution in [-0.4, -0.2) is 32.2 Å². The van der Waals surface area contributed by atoms with E-state index in [0.29, 0.717) is 10.1 Å². The standard InChI is InChI=1S/C10H12N6O2S2/c1-4(2)8-14-16-10(20-8)12-7(18)6(17)11-9-15-13-5(3)19-9/h4H,1-3H3,(H,11,15,17)(H,12,16,18). The molecule has 2 amide bonds. The summed E-state index contributed by atoms with van der Waals surface area (Å²) >= 11 is 2.43. The molecule has 0 radical (unpaired) electrons. The highest BCUT2D eigenvalue weighted by Crippen LogP contribution is 2.22. The quantitative estimate of drug-likeness (QED) is 0.829. The van der Waals surface area contributed by atoms with Crippen molar-refractivity contribution < 1.29 is 9.59 Å². The fraction of sp³-hybridized carbons (Fsp3) is 0.400. The SMILES string of the molecule is Cc1nnc(NC(=O)C(=O)Nc2nnc(C(C)C)s2)s1. The van der Waals surface area contributed by atoms with Gasteiger partial charge >= 0.3 is 11.8 Å². The number of rotatable bonds is 3. The van der Waals surface area contributed by atoms with Crippen LogP contribution in [0.25, 0.3) is 0 Å². The normalized spacial score (nSPS) is 10.6. The zero-order chi connectivity index (χ0) is 14.7. The van der Waals surface area contributed by atoms with Crippen LogP contribution < -0.4 is 10.6 Å². The Labute approximate surface area is 122 Å². The van der Waals surface area contributed by atoms with Crippen LogP contribution in [0, 0.1) is 6.92 Å². The third-order valence-electron chi connectivity index (χ3n) is 2.11. The molecule has 0 unspecified atom stereocenters. The summed E-state index contributed by atoms with van der Waals surface area (Å²) in [6.45, 7) is 5.69. The Morgan fingerprint density at radius 1 is 0.950 bits per heavy atom. The molecule has 0 aromatic carbocycles. The van der Waals surface area contributed by atoms with Crippen LogP contribution in [0.1, 0.15) is 29.8 Å². The molecule has 0 aliphatic rings. The van der Waals surface area contributed by atoms with Crippen LogP contribution in [0.4, 0.5) is 10.3 Å². The summed E-state index contributed by atoms with van der Waals surface area (Å²) in [5.41, 5.74) is 0. The number of amides is 2. The number of aromatic nitrogens is 4. The van der Waals surface area contributed by atoms with Gasteiger partial charge in [0.2, 0.25) is 10.3 Å². The Balaban J connectivity index is 1.95. The lowest BCUT2D eigenvalue weighted by Crippen LogP contribution is -2.29. The largest absolute Gasteiger partial charge is 0.315 e. The van der Waals surface area contributed by atoms with E-state index in [1.807, 2.05) is 13.8 Å². The van der Waals surface area contributed by atoms with E-state index in [4.69, 9.17) is 0 Å². The van der Waals surface area contributed by atoms with Crippen molar-refractivity contribution in [1.82, 2.24) is 20.4 Å². The third-order valence-corrected chi connectivity index (χ3v) is 4.00. The molecular formula is C10H12N6O2S2. The van der Waals surface area contributed by atoms with Crippen molar-refractivity contribution in [2.24, 2.45) is 0 Å². The van der Waals surface area contributed by atoms with Gasteiger partial charge in [0.25, 0.3) is 0 Å². The lowest BCUT2D eigenvalue weighted by atomic mass is 10.2. The van der Waals surface area contributed by atoms with Crippen LogP contribution in [0.15, 0.2) is 0 Å². The third kappa shape index (κ3) is 3.54. The number of nitrogens with zero attached hydrogens (tertiary/aromatic N) is 4. The van der Waals surface area contributed by atoms with Crippen molar-refractivity contribution in [1.29, 1.82) is 0 Å². The molecule has 0 spiro atoms. The van der Waals surface area contributed by atoms with Gasteiger partial charge in [0.1, 0.15) is 10.0 Å². The summed E-state index contributed by atoms with van der Waals surface area (Å²) in [4.78, 5) is 23.3. The molecule has 2 N–H and O–H groups in total. The summed E-state index contributed by atoms with van der Waals surface area (Å²) in [5.74, 6) is -1.41. The number of hydrogen-bond donors (Lipinski definition) is 2. The maximum atomic E-state index is 11.7. The molecule has 2 aromatic heterocycles. The van der Waals surface area contributed by atoms with Crippen molar-refractivity contribution >= 4 is 44.8 Å². The Hall–Kier alpha value is -1.94. The van der Waals surface area contributed by atoms with Crippen molar-refractivity contribution in [3.63, 3.8) is 0 Å². The summed E-state index contributed by atoms with van der Waals surface area (Å²) in [6, 6.07) is 0. The van der Waals surface area contributed by atoms with Gasteiger partial charge in [-0.2, -0.15) is 0 Å². The minimum atomic E-state index is -0.817. The van der Waals surface area contributed by atoms with Gasteiger partial charge in [-0.15, -0.1) is 20.4 Å². The summed E-state index contributed by atoms with van der Waals surface area (Å²) in [7, 11) is 0. The fourth-order valence-corrected chi connectivity index (χ4v) is 2.50. The van der Waals surface area contributed by atoms with E-state index in [0.717, 1.165) is 5.01 Å². The molecular weight excluding hydrogens is 300 g/mol. The number of nitrogens with one attached hydrogen (secondary N) is 2. The molecule has 20 heavy (non-hydrogen) atoms. The van der Waals surface area contributed by atoms with E-state index in [-0.39, 0.29) is 11.0 Å².